The number of carbonyl (C=O) groups excluding carboxylic acids is 2. The summed E-state index contributed by atoms with van der Waals surface area (Å²) < 4.78 is 7.21. The number of carbonyl (C=O) groups is 2. The number of ether oxygens (including phenoxy) is 1. The maximum absolute atomic E-state index is 11.8. The van der Waals surface area contributed by atoms with Crippen molar-refractivity contribution in [2.45, 2.75) is 49.9 Å². The van der Waals surface area contributed by atoms with Crippen molar-refractivity contribution in [1.82, 2.24) is 31.1 Å². The van der Waals surface area contributed by atoms with E-state index in [0.29, 0.717) is 11.7 Å². The predicted octanol–water partition coefficient (Wildman–Crippen LogP) is -0.108. The molecule has 126 valence electrons. The Bertz CT molecular complexity index is 556. The van der Waals surface area contributed by atoms with Gasteiger partial charge in [0.15, 0.2) is 0 Å². The van der Waals surface area contributed by atoms with Crippen LogP contribution in [0.25, 0.3) is 0 Å². The second kappa shape index (κ2) is 7.73. The number of rotatable bonds is 6. The van der Waals surface area contributed by atoms with E-state index in [2.05, 4.69) is 26.4 Å². The Kier molecular flexibility index (Phi) is 5.44. The molecule has 1 saturated heterocycles. The van der Waals surface area contributed by atoms with E-state index >= 15 is 0 Å². The fraction of sp³-hybridized carbons (Fsp3) is 0.769. The van der Waals surface area contributed by atoms with E-state index in [9.17, 15) is 9.59 Å². The van der Waals surface area contributed by atoms with Crippen molar-refractivity contribution in [1.29, 1.82) is 0 Å². The molecule has 0 radical (unpaired) electrons. The Labute approximate surface area is 137 Å². The van der Waals surface area contributed by atoms with Gasteiger partial charge in [-0.2, -0.15) is 0 Å². The number of hydrazine groups is 1. The molecule has 23 heavy (non-hydrogen) atoms. The van der Waals surface area contributed by atoms with Gasteiger partial charge in [0.25, 0.3) is 0 Å². The Balaban J connectivity index is 1.40. The maximum atomic E-state index is 11.8. The van der Waals surface area contributed by atoms with Gasteiger partial charge < -0.3 is 4.74 Å². The van der Waals surface area contributed by atoms with Crippen molar-refractivity contribution in [3.63, 3.8) is 0 Å². The van der Waals surface area contributed by atoms with Gasteiger partial charge in [0.2, 0.25) is 17.0 Å². The molecule has 1 aromatic rings. The molecule has 3 rings (SSSR count). The van der Waals surface area contributed by atoms with E-state index < -0.39 is 0 Å². The van der Waals surface area contributed by atoms with Crippen molar-refractivity contribution in [2.75, 3.05) is 12.4 Å². The second-order valence-electron chi connectivity index (χ2n) is 5.73. The fourth-order valence-electron chi connectivity index (χ4n) is 2.47. The third kappa shape index (κ3) is 4.41. The van der Waals surface area contributed by atoms with Crippen LogP contribution in [-0.4, -0.2) is 50.5 Å². The van der Waals surface area contributed by atoms with Gasteiger partial charge in [-0.25, -0.2) is 4.68 Å². The van der Waals surface area contributed by atoms with Crippen molar-refractivity contribution < 1.29 is 14.3 Å². The number of thioether (sulfide) groups is 1. The molecule has 1 aliphatic carbocycles. The van der Waals surface area contributed by atoms with Gasteiger partial charge in [-0.3, -0.25) is 20.4 Å². The number of hydrogen-bond donors (Lipinski definition) is 2. The number of aromatic nitrogens is 4. The van der Waals surface area contributed by atoms with Gasteiger partial charge in [0, 0.05) is 12.5 Å². The van der Waals surface area contributed by atoms with Crippen LogP contribution in [0.15, 0.2) is 5.16 Å². The van der Waals surface area contributed by atoms with Crippen LogP contribution in [0.1, 0.15) is 32.1 Å². The van der Waals surface area contributed by atoms with Gasteiger partial charge in [-0.15, -0.1) is 5.10 Å². The molecule has 2 heterocycles. The van der Waals surface area contributed by atoms with Gasteiger partial charge in [-0.1, -0.05) is 18.2 Å². The van der Waals surface area contributed by atoms with Crippen LogP contribution in [0.5, 0.6) is 0 Å². The molecule has 2 aliphatic rings. The van der Waals surface area contributed by atoms with Gasteiger partial charge in [0.1, 0.15) is 0 Å². The Morgan fingerprint density at radius 2 is 2.13 bits per heavy atom. The summed E-state index contributed by atoms with van der Waals surface area (Å²) in [7, 11) is 0. The van der Waals surface area contributed by atoms with Crippen molar-refractivity contribution >= 4 is 23.6 Å². The number of nitrogens with zero attached hydrogens (tertiary/aromatic N) is 4. The summed E-state index contributed by atoms with van der Waals surface area (Å²) in [6.45, 7) is 1.37. The predicted molar refractivity (Wildman–Crippen MR) is 81.1 cm³/mol. The molecule has 0 spiro atoms. The quantitative estimate of drug-likeness (QED) is 0.549. The molecular formula is C13H20N6O3S. The standard InChI is InChI=1S/C13H20N6O3S/c20-11(14-15-12(21)9-3-1-4-9)8-23-13-16-17-18-19(13)7-10-5-2-6-22-10/h9-10H,1-8H2,(H,14,20)(H,15,21). The number of tetrazole rings is 1. The SMILES string of the molecule is O=C(CSc1nnnn1CC1CCCO1)NNC(=O)C1CCC1. The van der Waals surface area contributed by atoms with Gasteiger partial charge in [-0.05, 0) is 36.1 Å². The van der Waals surface area contributed by atoms with Crippen LogP contribution < -0.4 is 10.9 Å². The van der Waals surface area contributed by atoms with E-state index in [1.807, 2.05) is 0 Å². The largest absolute Gasteiger partial charge is 0.376 e. The molecule has 10 heteroatoms. The molecule has 0 aromatic carbocycles. The van der Waals surface area contributed by atoms with Crippen LogP contribution in [-0.2, 0) is 20.9 Å². The Hall–Kier alpha value is -1.68. The van der Waals surface area contributed by atoms with Crippen molar-refractivity contribution in [3.05, 3.63) is 0 Å². The lowest BCUT2D eigenvalue weighted by molar-refractivity contribution is -0.132. The van der Waals surface area contributed by atoms with Crippen LogP contribution in [0.3, 0.4) is 0 Å². The Morgan fingerprint density at radius 1 is 1.26 bits per heavy atom. The maximum Gasteiger partial charge on any atom is 0.248 e. The summed E-state index contributed by atoms with van der Waals surface area (Å²) in [6, 6.07) is 0. The lowest BCUT2D eigenvalue weighted by Crippen LogP contribution is -2.46. The summed E-state index contributed by atoms with van der Waals surface area (Å²) in [5.74, 6) is -0.217. The summed E-state index contributed by atoms with van der Waals surface area (Å²) in [4.78, 5) is 23.4. The van der Waals surface area contributed by atoms with Crippen LogP contribution >= 0.6 is 11.8 Å². The van der Waals surface area contributed by atoms with Crippen LogP contribution in [0.4, 0.5) is 0 Å². The van der Waals surface area contributed by atoms with E-state index in [0.717, 1.165) is 38.7 Å². The van der Waals surface area contributed by atoms with Crippen LogP contribution in [0.2, 0.25) is 0 Å². The minimum absolute atomic E-state index is 0.0432. The first-order valence-electron chi connectivity index (χ1n) is 7.81. The molecule has 1 aromatic heterocycles. The molecule has 1 unspecified atom stereocenters. The molecular weight excluding hydrogens is 320 g/mol. The van der Waals surface area contributed by atoms with Crippen LogP contribution in [0, 0.1) is 5.92 Å². The van der Waals surface area contributed by atoms with E-state index in [1.54, 1.807) is 4.68 Å². The normalized spacial score (nSPS) is 21.0. The number of nitrogens with one attached hydrogen (secondary N) is 2. The summed E-state index contributed by atoms with van der Waals surface area (Å²) >= 11 is 1.23. The highest BCUT2D eigenvalue weighted by molar-refractivity contribution is 7.99. The van der Waals surface area contributed by atoms with Gasteiger partial charge >= 0.3 is 0 Å². The summed E-state index contributed by atoms with van der Waals surface area (Å²) in [5, 5.41) is 12.1. The topological polar surface area (TPSA) is 111 Å². The van der Waals surface area contributed by atoms with E-state index in [-0.39, 0.29) is 29.6 Å². The first-order valence-corrected chi connectivity index (χ1v) is 8.80. The summed E-state index contributed by atoms with van der Waals surface area (Å²) in [6.07, 6.45) is 5.06. The van der Waals surface area contributed by atoms with Crippen molar-refractivity contribution in [2.24, 2.45) is 5.92 Å². The number of hydrogen-bond acceptors (Lipinski definition) is 7. The van der Waals surface area contributed by atoms with Crippen molar-refractivity contribution in [3.8, 4) is 0 Å². The second-order valence-corrected chi connectivity index (χ2v) is 6.68. The lowest BCUT2D eigenvalue weighted by Gasteiger charge is -2.23. The molecule has 2 N–H and O–H groups in total. The zero-order valence-electron chi connectivity index (χ0n) is 12.7. The average Bonchev–Trinajstić information content (AvgIpc) is 3.13. The van der Waals surface area contributed by atoms with E-state index in [1.165, 1.54) is 11.8 Å². The highest BCUT2D eigenvalue weighted by atomic mass is 32.2. The highest BCUT2D eigenvalue weighted by Crippen LogP contribution is 2.25. The molecule has 1 atom stereocenters. The third-order valence-corrected chi connectivity index (χ3v) is 4.99. The average molecular weight is 340 g/mol. The monoisotopic (exact) mass is 340 g/mol. The molecule has 1 saturated carbocycles. The third-order valence-electron chi connectivity index (χ3n) is 4.03. The molecule has 1 aliphatic heterocycles. The summed E-state index contributed by atoms with van der Waals surface area (Å²) in [5.41, 5.74) is 4.88. The minimum Gasteiger partial charge on any atom is -0.376 e. The highest BCUT2D eigenvalue weighted by Gasteiger charge is 2.25. The fourth-order valence-corrected chi connectivity index (χ4v) is 3.15. The molecule has 0 bridgehead atoms. The van der Waals surface area contributed by atoms with Gasteiger partial charge in [0.05, 0.1) is 18.4 Å². The Morgan fingerprint density at radius 3 is 2.83 bits per heavy atom. The first-order chi connectivity index (χ1) is 11.2. The number of amides is 2. The van der Waals surface area contributed by atoms with E-state index in [4.69, 9.17) is 4.74 Å². The zero-order valence-corrected chi connectivity index (χ0v) is 13.5. The minimum atomic E-state index is -0.283. The smallest absolute Gasteiger partial charge is 0.248 e. The molecule has 2 fully saturated rings. The molecule has 2 amide bonds. The zero-order chi connectivity index (χ0) is 16.1. The lowest BCUT2D eigenvalue weighted by atomic mass is 9.85. The first kappa shape index (κ1) is 16.2. The molecule has 9 nitrogen and oxygen atoms in total.